The number of rotatable bonds is 5. The zero-order valence-corrected chi connectivity index (χ0v) is 12.5. The molecule has 0 saturated carbocycles. The zero-order valence-electron chi connectivity index (χ0n) is 12.5. The molecule has 0 bridgehead atoms. The Labute approximate surface area is 132 Å². The van der Waals surface area contributed by atoms with Crippen molar-refractivity contribution in [1.82, 2.24) is 10.3 Å². The predicted molar refractivity (Wildman–Crippen MR) is 82.5 cm³/mol. The van der Waals surface area contributed by atoms with Crippen molar-refractivity contribution in [2.45, 2.75) is 13.5 Å². The molecule has 0 fully saturated rings. The minimum atomic E-state index is -0.481. The van der Waals surface area contributed by atoms with Crippen molar-refractivity contribution in [2.75, 3.05) is 11.9 Å². The van der Waals surface area contributed by atoms with Crippen LogP contribution >= 0.6 is 0 Å². The molecule has 1 aromatic heterocycles. The molecular weight excluding hydrogens is 301 g/mol. The van der Waals surface area contributed by atoms with Crippen molar-refractivity contribution in [1.29, 1.82) is 0 Å². The molecule has 0 radical (unpaired) electrons. The average molecular weight is 317 g/mol. The average Bonchev–Trinajstić information content (AvgIpc) is 2.55. The number of pyridine rings is 1. The maximum absolute atomic E-state index is 13.4. The van der Waals surface area contributed by atoms with E-state index in [-0.39, 0.29) is 6.54 Å². The second kappa shape index (κ2) is 7.88. The first kappa shape index (κ1) is 16.4. The predicted octanol–water partition coefficient (Wildman–Crippen LogP) is 2.72. The topological polar surface area (TPSA) is 80.3 Å². The Balaban J connectivity index is 1.88. The summed E-state index contributed by atoms with van der Waals surface area (Å²) < 4.78 is 18.2. The molecule has 0 aliphatic carbocycles. The van der Waals surface area contributed by atoms with E-state index in [1.54, 1.807) is 31.2 Å². The molecular formula is C16H16FN3O3. The van der Waals surface area contributed by atoms with Crippen molar-refractivity contribution < 1.29 is 18.7 Å². The lowest BCUT2D eigenvalue weighted by atomic mass is 10.2. The van der Waals surface area contributed by atoms with E-state index in [1.165, 1.54) is 12.3 Å². The van der Waals surface area contributed by atoms with E-state index >= 15 is 0 Å². The molecule has 2 N–H and O–H groups in total. The number of hydrogen-bond donors (Lipinski definition) is 2. The first-order valence-electron chi connectivity index (χ1n) is 7.00. The lowest BCUT2D eigenvalue weighted by molar-refractivity contribution is 0.0526. The SMILES string of the molecule is CCOC(=O)c1ccc(NC(=O)NCc2ccncc2F)cc1. The molecule has 0 atom stereocenters. The van der Waals surface area contributed by atoms with Gasteiger partial charge in [-0.05, 0) is 37.3 Å². The molecule has 0 unspecified atom stereocenters. The van der Waals surface area contributed by atoms with Crippen LogP contribution in [0.15, 0.2) is 42.7 Å². The number of nitrogens with one attached hydrogen (secondary N) is 2. The Kier molecular flexibility index (Phi) is 5.62. The molecule has 1 heterocycles. The van der Waals surface area contributed by atoms with Gasteiger partial charge in [-0.25, -0.2) is 14.0 Å². The van der Waals surface area contributed by atoms with E-state index in [0.29, 0.717) is 23.4 Å². The summed E-state index contributed by atoms with van der Waals surface area (Å²) in [6.45, 7) is 2.07. The summed E-state index contributed by atoms with van der Waals surface area (Å²) in [6.07, 6.45) is 2.54. The quantitative estimate of drug-likeness (QED) is 0.831. The Hall–Kier alpha value is -2.96. The summed E-state index contributed by atoms with van der Waals surface area (Å²) in [4.78, 5) is 26.9. The van der Waals surface area contributed by atoms with E-state index in [0.717, 1.165) is 6.20 Å². The van der Waals surface area contributed by atoms with Gasteiger partial charge in [-0.15, -0.1) is 0 Å². The van der Waals surface area contributed by atoms with Gasteiger partial charge in [0.2, 0.25) is 0 Å². The van der Waals surface area contributed by atoms with Gasteiger partial charge in [0.15, 0.2) is 0 Å². The molecule has 0 aliphatic rings. The number of amides is 2. The van der Waals surface area contributed by atoms with Crippen LogP contribution in [0.4, 0.5) is 14.9 Å². The largest absolute Gasteiger partial charge is 0.462 e. The first-order chi connectivity index (χ1) is 11.1. The maximum atomic E-state index is 13.4. The van der Waals surface area contributed by atoms with Crippen LogP contribution in [0.1, 0.15) is 22.8 Å². The molecule has 0 aliphatic heterocycles. The maximum Gasteiger partial charge on any atom is 0.338 e. The number of carbonyl (C=O) groups is 2. The number of hydrogen-bond acceptors (Lipinski definition) is 4. The molecule has 23 heavy (non-hydrogen) atoms. The van der Waals surface area contributed by atoms with Crippen LogP contribution in [0, 0.1) is 5.82 Å². The second-order valence-corrected chi connectivity index (χ2v) is 4.57. The number of carbonyl (C=O) groups excluding carboxylic acids is 2. The summed E-state index contributed by atoms with van der Waals surface area (Å²) in [7, 11) is 0. The van der Waals surface area contributed by atoms with Crippen molar-refractivity contribution in [3.63, 3.8) is 0 Å². The summed E-state index contributed by atoms with van der Waals surface area (Å²) in [5, 5.41) is 5.13. The van der Waals surface area contributed by atoms with Gasteiger partial charge in [-0.2, -0.15) is 0 Å². The van der Waals surface area contributed by atoms with Crippen molar-refractivity contribution >= 4 is 17.7 Å². The van der Waals surface area contributed by atoms with Gasteiger partial charge in [0.1, 0.15) is 5.82 Å². The van der Waals surface area contributed by atoms with Crippen LogP contribution < -0.4 is 10.6 Å². The first-order valence-corrected chi connectivity index (χ1v) is 7.00. The standard InChI is InChI=1S/C16H16FN3O3/c1-2-23-15(21)11-3-5-13(6-4-11)20-16(22)19-9-12-7-8-18-10-14(12)17/h3-8,10H,2,9H2,1H3,(H2,19,20,22). The number of aromatic nitrogens is 1. The smallest absolute Gasteiger partial charge is 0.338 e. The van der Waals surface area contributed by atoms with Gasteiger partial charge in [0.05, 0.1) is 18.4 Å². The van der Waals surface area contributed by atoms with Crippen LogP contribution in [0.25, 0.3) is 0 Å². The van der Waals surface area contributed by atoms with E-state index in [1.807, 2.05) is 0 Å². The van der Waals surface area contributed by atoms with Crippen LogP contribution in [-0.2, 0) is 11.3 Å². The lowest BCUT2D eigenvalue weighted by Gasteiger charge is -2.08. The third-order valence-electron chi connectivity index (χ3n) is 2.95. The summed E-state index contributed by atoms with van der Waals surface area (Å²) in [5.41, 5.74) is 1.25. The van der Waals surface area contributed by atoms with Crippen molar-refractivity contribution in [2.24, 2.45) is 0 Å². The third-order valence-corrected chi connectivity index (χ3v) is 2.95. The normalized spacial score (nSPS) is 10.0. The number of esters is 1. The zero-order chi connectivity index (χ0) is 16.7. The molecule has 0 saturated heterocycles. The molecule has 1 aromatic carbocycles. The summed E-state index contributed by atoms with van der Waals surface area (Å²) in [5.74, 6) is -0.900. The molecule has 6 nitrogen and oxygen atoms in total. The van der Waals surface area contributed by atoms with Crippen LogP contribution in [0.2, 0.25) is 0 Å². The molecule has 0 spiro atoms. The number of ether oxygens (including phenoxy) is 1. The van der Waals surface area contributed by atoms with Gasteiger partial charge >= 0.3 is 12.0 Å². The van der Waals surface area contributed by atoms with E-state index in [4.69, 9.17) is 4.74 Å². The highest BCUT2D eigenvalue weighted by Crippen LogP contribution is 2.11. The van der Waals surface area contributed by atoms with E-state index in [9.17, 15) is 14.0 Å². The van der Waals surface area contributed by atoms with Gasteiger partial charge in [-0.3, -0.25) is 4.98 Å². The number of nitrogens with zero attached hydrogens (tertiary/aromatic N) is 1. The van der Waals surface area contributed by atoms with Gasteiger partial charge < -0.3 is 15.4 Å². The van der Waals surface area contributed by atoms with Gasteiger partial charge in [0, 0.05) is 24.0 Å². The Morgan fingerprint density at radius 1 is 1.22 bits per heavy atom. The van der Waals surface area contributed by atoms with Crippen molar-refractivity contribution in [3.8, 4) is 0 Å². The Bertz CT molecular complexity index is 689. The van der Waals surface area contributed by atoms with E-state index in [2.05, 4.69) is 15.6 Å². The Morgan fingerprint density at radius 3 is 2.61 bits per heavy atom. The number of benzene rings is 1. The van der Waals surface area contributed by atoms with Crippen LogP contribution in [-0.4, -0.2) is 23.6 Å². The molecule has 2 amide bonds. The summed E-state index contributed by atoms with van der Waals surface area (Å²) >= 11 is 0. The van der Waals surface area contributed by atoms with Crippen molar-refractivity contribution in [3.05, 3.63) is 59.7 Å². The fourth-order valence-electron chi connectivity index (χ4n) is 1.80. The molecule has 2 rings (SSSR count). The highest BCUT2D eigenvalue weighted by molar-refractivity contribution is 5.92. The Morgan fingerprint density at radius 2 is 1.96 bits per heavy atom. The van der Waals surface area contributed by atoms with Crippen LogP contribution in [0.3, 0.4) is 0 Å². The highest BCUT2D eigenvalue weighted by Gasteiger charge is 2.08. The lowest BCUT2D eigenvalue weighted by Crippen LogP contribution is -2.28. The van der Waals surface area contributed by atoms with E-state index < -0.39 is 17.8 Å². The van der Waals surface area contributed by atoms with Crippen LogP contribution in [0.5, 0.6) is 0 Å². The monoisotopic (exact) mass is 317 g/mol. The van der Waals surface area contributed by atoms with Gasteiger partial charge in [-0.1, -0.05) is 0 Å². The van der Waals surface area contributed by atoms with Gasteiger partial charge in [0.25, 0.3) is 0 Å². The molecule has 120 valence electrons. The minimum absolute atomic E-state index is 0.0428. The fourth-order valence-corrected chi connectivity index (χ4v) is 1.80. The highest BCUT2D eigenvalue weighted by atomic mass is 19.1. The third kappa shape index (κ3) is 4.77. The number of halogens is 1. The fraction of sp³-hybridized carbons (Fsp3) is 0.188. The summed E-state index contributed by atoms with van der Waals surface area (Å²) in [6, 6.07) is 7.28. The number of anilines is 1. The minimum Gasteiger partial charge on any atom is -0.462 e. The molecule has 2 aromatic rings. The number of urea groups is 1. The second-order valence-electron chi connectivity index (χ2n) is 4.57. The molecule has 7 heteroatoms.